The van der Waals surface area contributed by atoms with Gasteiger partial charge in [-0.15, -0.1) is 0 Å². The summed E-state index contributed by atoms with van der Waals surface area (Å²) in [5.41, 5.74) is -4.52. The van der Waals surface area contributed by atoms with Gasteiger partial charge in [-0.3, -0.25) is 4.90 Å². The summed E-state index contributed by atoms with van der Waals surface area (Å²) in [5.74, 6) is -0.192. The van der Waals surface area contributed by atoms with Crippen LogP contribution in [0.2, 0.25) is 0 Å². The van der Waals surface area contributed by atoms with Crippen molar-refractivity contribution in [3.05, 3.63) is 70.3 Å². The highest BCUT2D eigenvalue weighted by Gasteiger charge is 2.41. The zero-order valence-electron chi connectivity index (χ0n) is 24.6. The number of hydrogen-bond acceptors (Lipinski definition) is 6. The second-order valence-corrected chi connectivity index (χ2v) is 10.5. The van der Waals surface area contributed by atoms with E-state index < -0.39 is 59.9 Å². The molecule has 0 saturated heterocycles. The van der Waals surface area contributed by atoms with E-state index in [0.29, 0.717) is 37.0 Å². The van der Waals surface area contributed by atoms with Crippen molar-refractivity contribution in [2.24, 2.45) is 0 Å². The van der Waals surface area contributed by atoms with Gasteiger partial charge in [0.25, 0.3) is 0 Å². The molecule has 0 saturated carbocycles. The Morgan fingerprint density at radius 1 is 0.935 bits per heavy atom. The Labute approximate surface area is 257 Å². The highest BCUT2D eigenvalue weighted by Crippen LogP contribution is 2.41. The first-order valence-electron chi connectivity index (χ1n) is 14.1. The van der Waals surface area contributed by atoms with Crippen LogP contribution in [0.25, 0.3) is 0 Å². The van der Waals surface area contributed by atoms with Crippen LogP contribution in [0.4, 0.5) is 61.6 Å². The van der Waals surface area contributed by atoms with Crippen molar-refractivity contribution in [1.29, 1.82) is 0 Å². The molecule has 2 atom stereocenters. The predicted molar refractivity (Wildman–Crippen MR) is 150 cm³/mol. The molecule has 0 bridgehead atoms. The SMILES string of the molecule is CC[C@@H]1C[C@H](Nc2ncc(N(CC)CC)c(Cc3cc(C(F)(F)F)cc(C(F)(F)F)c3)n2)c2nc(C(F)(F)F)ccc2N1C(=O)O. The van der Waals surface area contributed by atoms with Gasteiger partial charge in [-0.25, -0.2) is 19.7 Å². The maximum absolute atomic E-state index is 13.6. The van der Waals surface area contributed by atoms with E-state index in [1.807, 2.05) is 0 Å². The van der Waals surface area contributed by atoms with Crippen LogP contribution < -0.4 is 15.1 Å². The molecule has 8 nitrogen and oxygen atoms in total. The lowest BCUT2D eigenvalue weighted by Crippen LogP contribution is -2.45. The minimum absolute atomic E-state index is 0.0229. The van der Waals surface area contributed by atoms with Gasteiger partial charge in [-0.1, -0.05) is 6.92 Å². The maximum Gasteiger partial charge on any atom is 0.433 e. The van der Waals surface area contributed by atoms with Crippen LogP contribution in [0.1, 0.15) is 73.4 Å². The molecule has 46 heavy (non-hydrogen) atoms. The molecule has 1 aliphatic rings. The molecule has 3 heterocycles. The van der Waals surface area contributed by atoms with Crippen molar-refractivity contribution in [3.8, 4) is 0 Å². The Balaban J connectivity index is 1.82. The fourth-order valence-corrected chi connectivity index (χ4v) is 5.42. The molecule has 2 aromatic heterocycles. The van der Waals surface area contributed by atoms with Gasteiger partial charge in [-0.05, 0) is 62.6 Å². The molecule has 0 unspecified atom stereocenters. The first-order valence-corrected chi connectivity index (χ1v) is 14.1. The van der Waals surface area contributed by atoms with Gasteiger partial charge in [0, 0.05) is 25.6 Å². The number of rotatable bonds is 8. The van der Waals surface area contributed by atoms with E-state index in [1.165, 1.54) is 6.20 Å². The standard InChI is InChI=1S/C29H29F9N6O2/c1-4-18-13-20(24-21(44(18)26(45)46)7-8-23(42-24)29(36,37)38)41-25-39-14-22(43(5-2)6-3)19(40-25)11-15-9-16(27(30,31)32)12-17(10-15)28(33,34)35/h7-10,12,14,18,20H,4-6,11,13H2,1-3H3,(H,45,46)(H,39,40,41)/t18-,20+/m1/s1. The normalized spacial score (nSPS) is 17.1. The summed E-state index contributed by atoms with van der Waals surface area (Å²) < 4.78 is 122. The van der Waals surface area contributed by atoms with E-state index in [1.54, 1.807) is 25.7 Å². The summed E-state index contributed by atoms with van der Waals surface area (Å²) in [4.78, 5) is 27.1. The maximum atomic E-state index is 13.6. The van der Waals surface area contributed by atoms with Crippen molar-refractivity contribution in [3.63, 3.8) is 0 Å². The summed E-state index contributed by atoms with van der Waals surface area (Å²) in [7, 11) is 0. The van der Waals surface area contributed by atoms with Gasteiger partial charge in [0.1, 0.15) is 5.69 Å². The summed E-state index contributed by atoms with van der Waals surface area (Å²) in [6, 6.07) is 1.19. The van der Waals surface area contributed by atoms with Crippen LogP contribution in [0.3, 0.4) is 0 Å². The van der Waals surface area contributed by atoms with E-state index in [2.05, 4.69) is 20.3 Å². The zero-order valence-corrected chi connectivity index (χ0v) is 24.6. The number of anilines is 3. The molecule has 1 aliphatic heterocycles. The number of carboxylic acid groups (broad SMARTS) is 1. The van der Waals surface area contributed by atoms with Gasteiger partial charge in [0.05, 0.1) is 46.1 Å². The molecule has 0 fully saturated rings. The van der Waals surface area contributed by atoms with Gasteiger partial charge >= 0.3 is 24.6 Å². The molecule has 0 spiro atoms. The zero-order chi connectivity index (χ0) is 34.2. The molecule has 250 valence electrons. The van der Waals surface area contributed by atoms with Gasteiger partial charge < -0.3 is 15.3 Å². The molecule has 1 aromatic carbocycles. The molecule has 4 rings (SSSR count). The minimum atomic E-state index is -5.06. The molecular formula is C29H29F9N6O2. The van der Waals surface area contributed by atoms with Crippen molar-refractivity contribution >= 4 is 23.4 Å². The first kappa shape index (κ1) is 34.6. The number of amides is 1. The van der Waals surface area contributed by atoms with Crippen molar-refractivity contribution < 1.29 is 49.4 Å². The molecule has 0 radical (unpaired) electrons. The third-order valence-electron chi connectivity index (χ3n) is 7.60. The van der Waals surface area contributed by atoms with Crippen molar-refractivity contribution in [1.82, 2.24) is 15.0 Å². The van der Waals surface area contributed by atoms with Gasteiger partial charge in [0.2, 0.25) is 5.95 Å². The Morgan fingerprint density at radius 2 is 1.54 bits per heavy atom. The summed E-state index contributed by atoms with van der Waals surface area (Å²) in [6.45, 7) is 6.01. The number of nitrogens with one attached hydrogen (secondary N) is 1. The number of aromatic nitrogens is 3. The van der Waals surface area contributed by atoms with Crippen LogP contribution in [0.15, 0.2) is 36.5 Å². The lowest BCUT2D eigenvalue weighted by atomic mass is 9.93. The van der Waals surface area contributed by atoms with Crippen LogP contribution in [-0.2, 0) is 24.9 Å². The molecule has 3 aromatic rings. The topological polar surface area (TPSA) is 94.5 Å². The lowest BCUT2D eigenvalue weighted by Gasteiger charge is -2.38. The van der Waals surface area contributed by atoms with Crippen molar-refractivity contribution in [2.75, 3.05) is 28.2 Å². The predicted octanol–water partition coefficient (Wildman–Crippen LogP) is 8.18. The second-order valence-electron chi connectivity index (χ2n) is 10.5. The third kappa shape index (κ3) is 7.39. The number of carbonyl (C=O) groups is 1. The number of hydrogen-bond donors (Lipinski definition) is 2. The summed E-state index contributed by atoms with van der Waals surface area (Å²) in [6.07, 6.45) is -15.3. The molecule has 1 amide bonds. The van der Waals surface area contributed by atoms with Crippen molar-refractivity contribution in [2.45, 2.75) is 70.6 Å². The van der Waals surface area contributed by atoms with E-state index in [9.17, 15) is 49.4 Å². The Kier molecular flexibility index (Phi) is 9.64. The first-order chi connectivity index (χ1) is 21.4. The largest absolute Gasteiger partial charge is 0.465 e. The number of benzene rings is 1. The van der Waals surface area contributed by atoms with E-state index >= 15 is 0 Å². The van der Waals surface area contributed by atoms with E-state index in [0.717, 1.165) is 11.0 Å². The van der Waals surface area contributed by atoms with Crippen LogP contribution in [-0.4, -0.2) is 45.3 Å². The molecule has 0 aliphatic carbocycles. The van der Waals surface area contributed by atoms with Gasteiger partial charge in [-0.2, -0.15) is 39.5 Å². The number of fused-ring (bicyclic) bond motifs is 1. The fraction of sp³-hybridized carbons (Fsp3) is 0.448. The molecule has 2 N–H and O–H groups in total. The third-order valence-corrected chi connectivity index (χ3v) is 7.60. The number of alkyl halides is 9. The molecule has 17 heteroatoms. The highest BCUT2D eigenvalue weighted by atomic mass is 19.4. The van der Waals surface area contributed by atoms with E-state index in [4.69, 9.17) is 0 Å². The average molecular weight is 665 g/mol. The number of pyridine rings is 1. The highest BCUT2D eigenvalue weighted by molar-refractivity contribution is 5.88. The Hall–Kier alpha value is -4.31. The van der Waals surface area contributed by atoms with Crippen LogP contribution in [0.5, 0.6) is 0 Å². The van der Waals surface area contributed by atoms with E-state index in [-0.39, 0.29) is 47.5 Å². The second kappa shape index (κ2) is 12.8. The van der Waals surface area contributed by atoms with Crippen LogP contribution >= 0.6 is 0 Å². The Bertz CT molecular complexity index is 1540. The smallest absolute Gasteiger partial charge is 0.433 e. The summed E-state index contributed by atoms with van der Waals surface area (Å²) in [5, 5.41) is 12.7. The quantitative estimate of drug-likeness (QED) is 0.235. The summed E-state index contributed by atoms with van der Waals surface area (Å²) >= 11 is 0. The fourth-order valence-electron chi connectivity index (χ4n) is 5.42. The Morgan fingerprint density at radius 3 is 2.04 bits per heavy atom. The monoisotopic (exact) mass is 664 g/mol. The van der Waals surface area contributed by atoms with Gasteiger partial charge in [0.15, 0.2) is 0 Å². The number of halogens is 9. The number of nitrogens with zero attached hydrogens (tertiary/aromatic N) is 5. The van der Waals surface area contributed by atoms with Crippen LogP contribution in [0, 0.1) is 0 Å². The average Bonchev–Trinajstić information content (AvgIpc) is 2.96. The molecular weight excluding hydrogens is 635 g/mol. The lowest BCUT2D eigenvalue weighted by molar-refractivity contribution is -0.143. The minimum Gasteiger partial charge on any atom is -0.465 e.